The highest BCUT2D eigenvalue weighted by atomic mass is 35.5. The minimum Gasteiger partial charge on any atom is -0.127 e. The largest absolute Gasteiger partial charge is 0.127 e. The average molecular weight is 197 g/mol. The lowest BCUT2D eigenvalue weighted by Crippen LogP contribution is -1.85. The number of benzene rings is 1. The maximum absolute atomic E-state index is 5.60. The van der Waals surface area contributed by atoms with Gasteiger partial charge in [0.15, 0.2) is 0 Å². The Hall–Kier alpha value is -0.490. The Kier molecular flexibility index (Phi) is 5.67. The van der Waals surface area contributed by atoms with Gasteiger partial charge in [0.05, 0.1) is 0 Å². The van der Waals surface area contributed by atoms with Crippen LogP contribution in [-0.2, 0) is 6.42 Å². The van der Waals surface area contributed by atoms with Crippen molar-refractivity contribution >= 4 is 11.6 Å². The summed E-state index contributed by atoms with van der Waals surface area (Å²) in [5.74, 6) is 0.811. The molecular weight excluding hydrogens is 180 g/mol. The fourth-order valence-corrected chi connectivity index (χ4v) is 1.61. The molecule has 0 aliphatic heterocycles. The molecular formula is C12H17Cl. The number of alkyl halides is 1. The summed E-state index contributed by atoms with van der Waals surface area (Å²) in [6.45, 7) is 0. The van der Waals surface area contributed by atoms with Gasteiger partial charge in [-0.15, -0.1) is 11.6 Å². The molecule has 0 unspecified atom stereocenters. The Labute approximate surface area is 85.9 Å². The molecule has 1 heteroatoms. The second kappa shape index (κ2) is 6.97. The van der Waals surface area contributed by atoms with Crippen LogP contribution in [0.25, 0.3) is 0 Å². The maximum Gasteiger partial charge on any atom is 0.0223 e. The molecule has 13 heavy (non-hydrogen) atoms. The van der Waals surface area contributed by atoms with Gasteiger partial charge in [0.2, 0.25) is 0 Å². The first kappa shape index (κ1) is 10.6. The van der Waals surface area contributed by atoms with Crippen molar-refractivity contribution in [3.8, 4) is 0 Å². The first-order valence-corrected chi connectivity index (χ1v) is 5.57. The van der Waals surface area contributed by atoms with Crippen molar-refractivity contribution in [2.24, 2.45) is 0 Å². The number of unbranched alkanes of at least 4 members (excludes halogenated alkanes) is 3. The minimum atomic E-state index is 0.811. The second-order valence-corrected chi connectivity index (χ2v) is 3.72. The van der Waals surface area contributed by atoms with Crippen molar-refractivity contribution in [3.63, 3.8) is 0 Å². The van der Waals surface area contributed by atoms with Gasteiger partial charge in [0, 0.05) is 5.88 Å². The summed E-state index contributed by atoms with van der Waals surface area (Å²) in [5.41, 5.74) is 1.45. The summed E-state index contributed by atoms with van der Waals surface area (Å²) >= 11 is 5.60. The zero-order chi connectivity index (χ0) is 9.36. The summed E-state index contributed by atoms with van der Waals surface area (Å²) in [5, 5.41) is 0. The van der Waals surface area contributed by atoms with Crippen molar-refractivity contribution < 1.29 is 0 Å². The fourth-order valence-electron chi connectivity index (χ4n) is 1.42. The third-order valence-corrected chi connectivity index (χ3v) is 2.46. The third kappa shape index (κ3) is 4.94. The first-order valence-electron chi connectivity index (χ1n) is 5.03. The van der Waals surface area contributed by atoms with Crippen LogP contribution in [0.2, 0.25) is 0 Å². The Morgan fingerprint density at radius 1 is 0.846 bits per heavy atom. The molecule has 0 aliphatic rings. The summed E-state index contributed by atoms with van der Waals surface area (Å²) in [7, 11) is 0. The van der Waals surface area contributed by atoms with Crippen LogP contribution in [0.1, 0.15) is 31.2 Å². The Morgan fingerprint density at radius 3 is 2.23 bits per heavy atom. The Morgan fingerprint density at radius 2 is 1.54 bits per heavy atom. The highest BCUT2D eigenvalue weighted by Gasteiger charge is 1.91. The lowest BCUT2D eigenvalue weighted by Gasteiger charge is -2.00. The summed E-state index contributed by atoms with van der Waals surface area (Å²) < 4.78 is 0. The fraction of sp³-hybridized carbons (Fsp3) is 0.500. The lowest BCUT2D eigenvalue weighted by atomic mass is 10.1. The van der Waals surface area contributed by atoms with E-state index in [0.717, 1.165) is 12.3 Å². The standard InChI is InChI=1S/C12H17Cl/c13-11-7-2-1-4-8-12-9-5-3-6-10-12/h3,5-6,9-10H,1-2,4,7-8,11H2. The van der Waals surface area contributed by atoms with Crippen molar-refractivity contribution in [2.75, 3.05) is 5.88 Å². The van der Waals surface area contributed by atoms with Gasteiger partial charge in [0.1, 0.15) is 0 Å². The minimum absolute atomic E-state index is 0.811. The molecule has 0 radical (unpaired) electrons. The molecule has 1 aromatic carbocycles. The molecule has 0 N–H and O–H groups in total. The van der Waals surface area contributed by atoms with Gasteiger partial charge in [-0.05, 0) is 24.8 Å². The topological polar surface area (TPSA) is 0 Å². The van der Waals surface area contributed by atoms with E-state index in [1.807, 2.05) is 0 Å². The van der Waals surface area contributed by atoms with Crippen molar-refractivity contribution in [3.05, 3.63) is 35.9 Å². The van der Waals surface area contributed by atoms with Gasteiger partial charge in [0.25, 0.3) is 0 Å². The molecule has 0 saturated heterocycles. The first-order chi connectivity index (χ1) is 6.43. The molecule has 72 valence electrons. The summed E-state index contributed by atoms with van der Waals surface area (Å²) in [6.07, 6.45) is 6.25. The lowest BCUT2D eigenvalue weighted by molar-refractivity contribution is 0.669. The summed E-state index contributed by atoms with van der Waals surface area (Å²) in [6, 6.07) is 10.7. The molecule has 0 atom stereocenters. The van der Waals surface area contributed by atoms with Crippen LogP contribution in [-0.4, -0.2) is 5.88 Å². The van der Waals surface area contributed by atoms with Crippen molar-refractivity contribution in [1.29, 1.82) is 0 Å². The smallest absolute Gasteiger partial charge is 0.0223 e. The van der Waals surface area contributed by atoms with Crippen LogP contribution in [0.3, 0.4) is 0 Å². The SMILES string of the molecule is ClCCCCCCc1ccccc1. The number of rotatable bonds is 6. The highest BCUT2D eigenvalue weighted by Crippen LogP contribution is 2.07. The molecule has 0 nitrogen and oxygen atoms in total. The zero-order valence-electron chi connectivity index (χ0n) is 8.01. The number of hydrogen-bond donors (Lipinski definition) is 0. The van der Waals surface area contributed by atoms with Crippen molar-refractivity contribution in [1.82, 2.24) is 0 Å². The molecule has 0 heterocycles. The van der Waals surface area contributed by atoms with Crippen LogP contribution in [0.15, 0.2) is 30.3 Å². The quantitative estimate of drug-likeness (QED) is 0.476. The van der Waals surface area contributed by atoms with Gasteiger partial charge < -0.3 is 0 Å². The van der Waals surface area contributed by atoms with E-state index >= 15 is 0 Å². The summed E-state index contributed by atoms with van der Waals surface area (Å²) in [4.78, 5) is 0. The van der Waals surface area contributed by atoms with E-state index in [2.05, 4.69) is 30.3 Å². The van der Waals surface area contributed by atoms with E-state index in [9.17, 15) is 0 Å². The van der Waals surface area contributed by atoms with E-state index < -0.39 is 0 Å². The number of aryl methyl sites for hydroxylation is 1. The molecule has 0 bridgehead atoms. The Balaban J connectivity index is 2.07. The van der Waals surface area contributed by atoms with E-state index in [1.165, 1.54) is 31.2 Å². The number of halogens is 1. The van der Waals surface area contributed by atoms with Gasteiger partial charge in [-0.2, -0.15) is 0 Å². The van der Waals surface area contributed by atoms with E-state index in [0.29, 0.717) is 0 Å². The predicted octanol–water partition coefficient (Wildman–Crippen LogP) is 4.03. The third-order valence-electron chi connectivity index (χ3n) is 2.19. The van der Waals surface area contributed by atoms with Gasteiger partial charge >= 0.3 is 0 Å². The molecule has 0 fully saturated rings. The average Bonchev–Trinajstić information content (AvgIpc) is 2.19. The molecule has 0 spiro atoms. The van der Waals surface area contributed by atoms with Crippen molar-refractivity contribution in [2.45, 2.75) is 32.1 Å². The molecule has 0 aliphatic carbocycles. The van der Waals surface area contributed by atoms with E-state index in [1.54, 1.807) is 0 Å². The Bertz CT molecular complexity index is 206. The van der Waals surface area contributed by atoms with Gasteiger partial charge in [-0.1, -0.05) is 43.2 Å². The van der Waals surface area contributed by atoms with Gasteiger partial charge in [-0.25, -0.2) is 0 Å². The van der Waals surface area contributed by atoms with E-state index in [4.69, 9.17) is 11.6 Å². The molecule has 0 amide bonds. The number of hydrogen-bond acceptors (Lipinski definition) is 0. The van der Waals surface area contributed by atoms with Crippen LogP contribution in [0.5, 0.6) is 0 Å². The van der Waals surface area contributed by atoms with Crippen LogP contribution >= 0.6 is 11.6 Å². The van der Waals surface area contributed by atoms with Crippen LogP contribution in [0, 0.1) is 0 Å². The molecule has 0 aromatic heterocycles. The predicted molar refractivity (Wildman–Crippen MR) is 59.3 cm³/mol. The molecule has 0 saturated carbocycles. The zero-order valence-corrected chi connectivity index (χ0v) is 8.76. The van der Waals surface area contributed by atoms with Crippen LogP contribution < -0.4 is 0 Å². The second-order valence-electron chi connectivity index (χ2n) is 3.34. The maximum atomic E-state index is 5.60. The van der Waals surface area contributed by atoms with Gasteiger partial charge in [-0.3, -0.25) is 0 Å². The molecule has 1 aromatic rings. The normalized spacial score (nSPS) is 10.2. The van der Waals surface area contributed by atoms with E-state index in [-0.39, 0.29) is 0 Å². The highest BCUT2D eigenvalue weighted by molar-refractivity contribution is 6.17. The van der Waals surface area contributed by atoms with Crippen LogP contribution in [0.4, 0.5) is 0 Å². The monoisotopic (exact) mass is 196 g/mol. The molecule has 1 rings (SSSR count).